The lowest BCUT2D eigenvalue weighted by molar-refractivity contribution is -0.150. The van der Waals surface area contributed by atoms with E-state index in [1.807, 2.05) is 6.08 Å². The third-order valence-electron chi connectivity index (χ3n) is 12.8. The lowest BCUT2D eigenvalue weighted by Gasteiger charge is -2.24. The van der Waals surface area contributed by atoms with Gasteiger partial charge in [-0.15, -0.1) is 0 Å². The number of carbonyl (C=O) groups excluding carboxylic acids is 2. The third-order valence-corrected chi connectivity index (χ3v) is 12.8. The maximum atomic E-state index is 13.2. The van der Waals surface area contributed by atoms with Crippen LogP contribution in [0.2, 0.25) is 0 Å². The molecule has 0 saturated carbocycles. The van der Waals surface area contributed by atoms with Gasteiger partial charge in [0.25, 0.3) is 0 Å². The van der Waals surface area contributed by atoms with Crippen molar-refractivity contribution in [1.29, 1.82) is 0 Å². The first-order valence-electron chi connectivity index (χ1n) is 28.5. The molecule has 0 aromatic heterocycles. The standard InChI is InChI=1S/C60H109NO5/c1-4-7-10-13-16-19-22-25-28-29-32-34-37-40-43-46-49-52-58(63)57(55-62)61-59(64)54-56(51-48-45-42-39-36-33-30-26-23-20-17-14-11-8-5-2)66-60(65)53-50-47-44-41-38-35-31-27-24-21-18-15-12-9-6-3/h17,20-21,24,26,30,36,39,45,48,56-58,62-63H,4-16,18-19,22-23,25,27-29,31-35,37-38,40-44,46-47,49-55H2,1-3H3,(H,61,64)/b20-17-,24-21-,30-26-,39-36-,48-45-. The highest BCUT2D eigenvalue weighted by molar-refractivity contribution is 5.77. The number of carbonyl (C=O) groups is 2. The van der Waals surface area contributed by atoms with Gasteiger partial charge < -0.3 is 20.3 Å². The molecule has 0 bridgehead atoms. The number of hydrogen-bond donors (Lipinski definition) is 3. The molecule has 384 valence electrons. The number of aliphatic hydroxyl groups is 2. The second-order valence-corrected chi connectivity index (χ2v) is 19.3. The van der Waals surface area contributed by atoms with Crippen molar-refractivity contribution in [3.63, 3.8) is 0 Å². The van der Waals surface area contributed by atoms with Gasteiger partial charge in [-0.3, -0.25) is 9.59 Å². The molecule has 0 aromatic carbocycles. The molecule has 0 spiro atoms. The van der Waals surface area contributed by atoms with Crippen LogP contribution in [-0.4, -0.2) is 46.9 Å². The lowest BCUT2D eigenvalue weighted by Crippen LogP contribution is -2.46. The van der Waals surface area contributed by atoms with Crippen LogP contribution in [0, 0.1) is 0 Å². The van der Waals surface area contributed by atoms with Crippen LogP contribution in [0.5, 0.6) is 0 Å². The smallest absolute Gasteiger partial charge is 0.306 e. The molecule has 3 N–H and O–H groups in total. The van der Waals surface area contributed by atoms with Crippen LogP contribution in [0.3, 0.4) is 0 Å². The van der Waals surface area contributed by atoms with E-state index in [1.54, 1.807) is 0 Å². The van der Waals surface area contributed by atoms with Crippen molar-refractivity contribution in [2.45, 2.75) is 302 Å². The molecule has 0 aromatic rings. The Morgan fingerprint density at radius 2 is 0.803 bits per heavy atom. The first-order chi connectivity index (χ1) is 32.5. The number of rotatable bonds is 51. The Morgan fingerprint density at radius 3 is 1.27 bits per heavy atom. The number of hydrogen-bond acceptors (Lipinski definition) is 5. The minimum atomic E-state index is -0.813. The molecule has 1 amide bonds. The fraction of sp³-hybridized carbons (Fsp3) is 0.800. The van der Waals surface area contributed by atoms with Crippen LogP contribution in [0.1, 0.15) is 284 Å². The van der Waals surface area contributed by atoms with Crippen LogP contribution in [-0.2, 0) is 14.3 Å². The van der Waals surface area contributed by atoms with E-state index in [0.717, 1.165) is 57.8 Å². The maximum Gasteiger partial charge on any atom is 0.306 e. The van der Waals surface area contributed by atoms with Gasteiger partial charge in [0.15, 0.2) is 0 Å². The fourth-order valence-corrected chi connectivity index (χ4v) is 8.46. The molecule has 0 radical (unpaired) electrons. The van der Waals surface area contributed by atoms with Crippen LogP contribution in [0.25, 0.3) is 0 Å². The average Bonchev–Trinajstić information content (AvgIpc) is 3.31. The van der Waals surface area contributed by atoms with Crippen molar-refractivity contribution in [3.05, 3.63) is 60.8 Å². The van der Waals surface area contributed by atoms with Crippen LogP contribution < -0.4 is 5.32 Å². The Balaban J connectivity index is 4.64. The van der Waals surface area contributed by atoms with Crippen molar-refractivity contribution < 1.29 is 24.5 Å². The van der Waals surface area contributed by atoms with E-state index in [1.165, 1.54) is 180 Å². The van der Waals surface area contributed by atoms with E-state index in [9.17, 15) is 19.8 Å². The van der Waals surface area contributed by atoms with Gasteiger partial charge in [0.1, 0.15) is 6.10 Å². The average molecular weight is 925 g/mol. The van der Waals surface area contributed by atoms with Gasteiger partial charge in [-0.2, -0.15) is 0 Å². The molecule has 6 nitrogen and oxygen atoms in total. The number of amides is 1. The summed E-state index contributed by atoms with van der Waals surface area (Å²) >= 11 is 0. The van der Waals surface area contributed by atoms with E-state index >= 15 is 0 Å². The molecule has 0 heterocycles. The summed E-state index contributed by atoms with van der Waals surface area (Å²) in [5.74, 6) is -0.575. The molecular formula is C60H109NO5. The van der Waals surface area contributed by atoms with Crippen LogP contribution in [0.4, 0.5) is 0 Å². The molecule has 0 aliphatic carbocycles. The summed E-state index contributed by atoms with van der Waals surface area (Å²) in [6.07, 6.45) is 67.3. The minimum Gasteiger partial charge on any atom is -0.461 e. The molecule has 66 heavy (non-hydrogen) atoms. The summed E-state index contributed by atoms with van der Waals surface area (Å²) in [4.78, 5) is 26.2. The zero-order chi connectivity index (χ0) is 48.1. The van der Waals surface area contributed by atoms with E-state index < -0.39 is 18.2 Å². The minimum absolute atomic E-state index is 0.000154. The van der Waals surface area contributed by atoms with Gasteiger partial charge in [0, 0.05) is 12.8 Å². The predicted molar refractivity (Wildman–Crippen MR) is 287 cm³/mol. The van der Waals surface area contributed by atoms with E-state index in [4.69, 9.17) is 4.74 Å². The lowest BCUT2D eigenvalue weighted by atomic mass is 10.0. The second-order valence-electron chi connectivity index (χ2n) is 19.3. The van der Waals surface area contributed by atoms with Gasteiger partial charge >= 0.3 is 5.97 Å². The molecular weight excluding hydrogens is 815 g/mol. The normalized spacial score (nSPS) is 13.6. The van der Waals surface area contributed by atoms with Crippen molar-refractivity contribution in [1.82, 2.24) is 5.32 Å². The number of aliphatic hydroxyl groups excluding tert-OH is 2. The summed E-state index contributed by atoms with van der Waals surface area (Å²) in [5, 5.41) is 23.8. The quantitative estimate of drug-likeness (QED) is 0.0321. The summed E-state index contributed by atoms with van der Waals surface area (Å²) in [7, 11) is 0. The van der Waals surface area contributed by atoms with Gasteiger partial charge in [0.05, 0.1) is 25.2 Å². The summed E-state index contributed by atoms with van der Waals surface area (Å²) in [6, 6.07) is -0.733. The monoisotopic (exact) mass is 924 g/mol. The molecule has 0 fully saturated rings. The number of unbranched alkanes of at least 4 members (excludes halogenated alkanes) is 30. The zero-order valence-electron chi connectivity index (χ0n) is 43.8. The number of nitrogens with one attached hydrogen (secondary N) is 1. The SMILES string of the molecule is CCCCC/C=C\C/C=C\C/C=C\C/C=C\CC(CC(=O)NC(CO)C(O)CCCCCCCCCCCCCCCCCCC)OC(=O)CCCCCCCCC/C=C\CCCCCC. The van der Waals surface area contributed by atoms with Crippen molar-refractivity contribution in [2.24, 2.45) is 0 Å². The van der Waals surface area contributed by atoms with Gasteiger partial charge in [0.2, 0.25) is 5.91 Å². The molecule has 3 atom stereocenters. The Bertz CT molecular complexity index is 1170. The molecule has 0 saturated heterocycles. The molecule has 0 rings (SSSR count). The van der Waals surface area contributed by atoms with Crippen LogP contribution in [0.15, 0.2) is 60.8 Å². The highest BCUT2D eigenvalue weighted by Crippen LogP contribution is 2.17. The topological polar surface area (TPSA) is 95.9 Å². The van der Waals surface area contributed by atoms with E-state index in [0.29, 0.717) is 19.3 Å². The number of ether oxygens (including phenoxy) is 1. The number of allylic oxidation sites excluding steroid dienone is 9. The van der Waals surface area contributed by atoms with Crippen molar-refractivity contribution in [3.8, 4) is 0 Å². The molecule has 6 heteroatoms. The van der Waals surface area contributed by atoms with E-state index in [2.05, 4.69) is 80.8 Å². The maximum absolute atomic E-state index is 13.2. The third kappa shape index (κ3) is 48.0. The van der Waals surface area contributed by atoms with Gasteiger partial charge in [-0.1, -0.05) is 255 Å². The van der Waals surface area contributed by atoms with Crippen molar-refractivity contribution in [2.75, 3.05) is 6.61 Å². The Labute approximate surface area is 409 Å². The number of esters is 1. The molecule has 3 unspecified atom stereocenters. The highest BCUT2D eigenvalue weighted by atomic mass is 16.5. The fourth-order valence-electron chi connectivity index (χ4n) is 8.46. The summed E-state index contributed by atoms with van der Waals surface area (Å²) in [5.41, 5.74) is 0. The molecule has 0 aliphatic rings. The van der Waals surface area contributed by atoms with Gasteiger partial charge in [-0.25, -0.2) is 0 Å². The summed E-state index contributed by atoms with van der Waals surface area (Å²) in [6.45, 7) is 6.44. The predicted octanol–water partition coefficient (Wildman–Crippen LogP) is 17.6. The largest absolute Gasteiger partial charge is 0.461 e. The zero-order valence-corrected chi connectivity index (χ0v) is 43.8. The van der Waals surface area contributed by atoms with Crippen LogP contribution >= 0.6 is 0 Å². The van der Waals surface area contributed by atoms with Crippen molar-refractivity contribution >= 4 is 11.9 Å². The molecule has 0 aliphatic heterocycles. The Morgan fingerprint density at radius 1 is 0.455 bits per heavy atom. The highest BCUT2D eigenvalue weighted by Gasteiger charge is 2.23. The summed E-state index contributed by atoms with van der Waals surface area (Å²) < 4.78 is 5.89. The first-order valence-corrected chi connectivity index (χ1v) is 28.5. The van der Waals surface area contributed by atoms with Gasteiger partial charge in [-0.05, 0) is 70.6 Å². The Hall–Kier alpha value is -2.44. The first kappa shape index (κ1) is 63.6. The van der Waals surface area contributed by atoms with E-state index in [-0.39, 0.29) is 24.9 Å². The Kier molecular flexibility index (Phi) is 51.5. The second kappa shape index (κ2) is 53.5.